The van der Waals surface area contributed by atoms with Crippen LogP contribution in [0.4, 0.5) is 5.82 Å². The van der Waals surface area contributed by atoms with Gasteiger partial charge in [-0.3, -0.25) is 4.98 Å². The number of hydrogen-bond donors (Lipinski definition) is 0. The first-order valence-electron chi connectivity index (χ1n) is 6.14. The highest BCUT2D eigenvalue weighted by Gasteiger charge is 2.13. The Morgan fingerprint density at radius 3 is 2.90 bits per heavy atom. The minimum absolute atomic E-state index is 0.185. The Balaban J connectivity index is 1.66. The molecule has 0 atom stereocenters. The second-order valence-electron chi connectivity index (χ2n) is 4.16. The topological polar surface area (TPSA) is 113 Å². The van der Waals surface area contributed by atoms with Crippen LogP contribution in [0.1, 0.15) is 5.89 Å². The van der Waals surface area contributed by atoms with Gasteiger partial charge in [0.05, 0.1) is 23.9 Å². The maximum atomic E-state index is 10.5. The van der Waals surface area contributed by atoms with Crippen LogP contribution >= 0.6 is 0 Å². The second kappa shape index (κ2) is 5.49. The van der Waals surface area contributed by atoms with Crippen LogP contribution in [0.3, 0.4) is 0 Å². The Morgan fingerprint density at radius 1 is 1.29 bits per heavy atom. The normalized spacial score (nSPS) is 10.7. The van der Waals surface area contributed by atoms with E-state index in [9.17, 15) is 10.1 Å². The molecule has 0 bridgehead atoms. The summed E-state index contributed by atoms with van der Waals surface area (Å²) in [7, 11) is 0. The van der Waals surface area contributed by atoms with Crippen molar-refractivity contribution < 1.29 is 9.34 Å². The molecule has 3 aromatic heterocycles. The van der Waals surface area contributed by atoms with Gasteiger partial charge in [-0.2, -0.15) is 4.68 Å². The minimum Gasteiger partial charge on any atom is -0.419 e. The van der Waals surface area contributed by atoms with Crippen LogP contribution in [0.15, 0.2) is 41.1 Å². The van der Waals surface area contributed by atoms with E-state index in [0.717, 1.165) is 0 Å². The van der Waals surface area contributed by atoms with Gasteiger partial charge in [-0.1, -0.05) is 6.07 Å². The Hall–Kier alpha value is -3.10. The number of pyridine rings is 1. The fraction of sp³-hybridized carbons (Fsp3) is 0.167. The van der Waals surface area contributed by atoms with Gasteiger partial charge in [0, 0.05) is 12.6 Å². The third-order valence-electron chi connectivity index (χ3n) is 2.72. The predicted molar refractivity (Wildman–Crippen MR) is 70.1 cm³/mol. The van der Waals surface area contributed by atoms with Crippen LogP contribution in [-0.4, -0.2) is 29.9 Å². The second-order valence-corrected chi connectivity index (χ2v) is 4.16. The molecule has 0 fully saturated rings. The quantitative estimate of drug-likeness (QED) is 0.515. The van der Waals surface area contributed by atoms with Crippen LogP contribution < -0.4 is 0 Å². The van der Waals surface area contributed by atoms with Crippen molar-refractivity contribution in [3.8, 4) is 11.6 Å². The van der Waals surface area contributed by atoms with E-state index in [1.54, 1.807) is 18.3 Å². The summed E-state index contributed by atoms with van der Waals surface area (Å²) in [5, 5.41) is 22.2. The van der Waals surface area contributed by atoms with Crippen molar-refractivity contribution in [3.05, 3.63) is 52.7 Å². The highest BCUT2D eigenvalue weighted by molar-refractivity contribution is 5.44. The van der Waals surface area contributed by atoms with Gasteiger partial charge in [-0.05, 0) is 17.1 Å². The fourth-order valence-electron chi connectivity index (χ4n) is 1.73. The molecule has 0 aliphatic rings. The Morgan fingerprint density at radius 2 is 2.19 bits per heavy atom. The lowest BCUT2D eigenvalue weighted by atomic mass is 10.3. The van der Waals surface area contributed by atoms with Gasteiger partial charge in [0.15, 0.2) is 0 Å². The molecule has 0 spiro atoms. The van der Waals surface area contributed by atoms with Gasteiger partial charge in [0.25, 0.3) is 5.89 Å². The van der Waals surface area contributed by atoms with E-state index in [2.05, 4.69) is 20.3 Å². The molecule has 3 aromatic rings. The zero-order valence-electron chi connectivity index (χ0n) is 10.8. The highest BCUT2D eigenvalue weighted by Crippen LogP contribution is 2.14. The summed E-state index contributed by atoms with van der Waals surface area (Å²) in [4.78, 5) is 14.1. The molecule has 0 aliphatic carbocycles. The maximum Gasteiger partial charge on any atom is 0.389 e. The van der Waals surface area contributed by atoms with Crippen molar-refractivity contribution in [1.82, 2.24) is 25.0 Å². The van der Waals surface area contributed by atoms with E-state index in [1.807, 2.05) is 6.07 Å². The molecular weight excluding hydrogens is 276 g/mol. The SMILES string of the molecule is O=[N+]([O-])c1ccn(CCc2nnc(-c3ccccn3)o2)n1. The summed E-state index contributed by atoms with van der Waals surface area (Å²) >= 11 is 0. The standard InChI is InChI=1S/C12H10N6O3/c19-18(20)10-4-7-17(16-10)8-5-11-14-15-12(21-11)9-3-1-2-6-13-9/h1-4,6-7H,5,8H2. The number of rotatable bonds is 5. The molecule has 3 rings (SSSR count). The summed E-state index contributed by atoms with van der Waals surface area (Å²) in [6, 6.07) is 6.74. The molecule has 0 aliphatic heterocycles. The summed E-state index contributed by atoms with van der Waals surface area (Å²) < 4.78 is 6.95. The average Bonchev–Trinajstić information content (AvgIpc) is 3.15. The average molecular weight is 286 g/mol. The predicted octanol–water partition coefficient (Wildman–Crippen LogP) is 1.48. The van der Waals surface area contributed by atoms with Crippen molar-refractivity contribution in [1.29, 1.82) is 0 Å². The van der Waals surface area contributed by atoms with E-state index in [-0.39, 0.29) is 5.82 Å². The first kappa shape index (κ1) is 12.9. The van der Waals surface area contributed by atoms with E-state index in [4.69, 9.17) is 4.42 Å². The number of hydrogen-bond acceptors (Lipinski definition) is 7. The van der Waals surface area contributed by atoms with Crippen LogP contribution in [0.2, 0.25) is 0 Å². The Bertz CT molecular complexity index is 751. The lowest BCUT2D eigenvalue weighted by Crippen LogP contribution is -2.03. The molecule has 0 N–H and O–H groups in total. The number of aromatic nitrogens is 5. The van der Waals surface area contributed by atoms with Crippen molar-refractivity contribution in [2.24, 2.45) is 0 Å². The number of nitro groups is 1. The Kier molecular flexibility index (Phi) is 3.37. The molecule has 0 amide bonds. The lowest BCUT2D eigenvalue weighted by molar-refractivity contribution is -0.389. The molecule has 0 radical (unpaired) electrons. The van der Waals surface area contributed by atoms with Gasteiger partial charge in [-0.25, -0.2) is 0 Å². The van der Waals surface area contributed by atoms with Crippen molar-refractivity contribution in [2.75, 3.05) is 0 Å². The molecular formula is C12H10N6O3. The monoisotopic (exact) mass is 286 g/mol. The first-order valence-corrected chi connectivity index (χ1v) is 6.14. The minimum atomic E-state index is -0.539. The molecule has 106 valence electrons. The van der Waals surface area contributed by atoms with Gasteiger partial charge in [-0.15, -0.1) is 10.2 Å². The molecule has 0 saturated heterocycles. The van der Waals surface area contributed by atoms with Gasteiger partial charge >= 0.3 is 5.82 Å². The van der Waals surface area contributed by atoms with Crippen LogP contribution in [-0.2, 0) is 13.0 Å². The third-order valence-corrected chi connectivity index (χ3v) is 2.72. The summed E-state index contributed by atoms with van der Waals surface area (Å²) in [6.07, 6.45) is 3.61. The Labute approximate surface area is 118 Å². The van der Waals surface area contributed by atoms with Crippen LogP contribution in [0, 0.1) is 10.1 Å². The van der Waals surface area contributed by atoms with E-state index in [1.165, 1.54) is 16.9 Å². The van der Waals surface area contributed by atoms with Crippen molar-refractivity contribution >= 4 is 5.82 Å². The summed E-state index contributed by atoms with van der Waals surface area (Å²) in [5.41, 5.74) is 0.603. The van der Waals surface area contributed by atoms with E-state index in [0.29, 0.717) is 30.4 Å². The molecule has 3 heterocycles. The van der Waals surface area contributed by atoms with Crippen LogP contribution in [0.5, 0.6) is 0 Å². The van der Waals surface area contributed by atoms with Crippen molar-refractivity contribution in [2.45, 2.75) is 13.0 Å². The lowest BCUT2D eigenvalue weighted by Gasteiger charge is -1.93. The smallest absolute Gasteiger partial charge is 0.389 e. The van der Waals surface area contributed by atoms with Crippen LogP contribution in [0.25, 0.3) is 11.6 Å². The van der Waals surface area contributed by atoms with Gasteiger partial charge in [0.2, 0.25) is 5.89 Å². The largest absolute Gasteiger partial charge is 0.419 e. The summed E-state index contributed by atoms with van der Waals surface area (Å²) in [6.45, 7) is 0.414. The maximum absolute atomic E-state index is 10.5. The summed E-state index contributed by atoms with van der Waals surface area (Å²) in [5.74, 6) is 0.584. The van der Waals surface area contributed by atoms with Gasteiger partial charge < -0.3 is 14.5 Å². The highest BCUT2D eigenvalue weighted by atomic mass is 16.6. The van der Waals surface area contributed by atoms with Crippen molar-refractivity contribution in [3.63, 3.8) is 0 Å². The number of aryl methyl sites for hydroxylation is 2. The fourth-order valence-corrected chi connectivity index (χ4v) is 1.73. The van der Waals surface area contributed by atoms with Gasteiger partial charge in [0.1, 0.15) is 5.69 Å². The zero-order valence-corrected chi connectivity index (χ0v) is 10.8. The third kappa shape index (κ3) is 2.91. The molecule has 0 saturated carbocycles. The molecule has 9 nitrogen and oxygen atoms in total. The van der Waals surface area contributed by atoms with E-state index < -0.39 is 4.92 Å². The molecule has 9 heteroatoms. The first-order chi connectivity index (χ1) is 10.2. The molecule has 0 unspecified atom stereocenters. The molecule has 0 aromatic carbocycles. The number of nitrogens with zero attached hydrogens (tertiary/aromatic N) is 6. The zero-order chi connectivity index (χ0) is 14.7. The van der Waals surface area contributed by atoms with E-state index >= 15 is 0 Å². The molecule has 21 heavy (non-hydrogen) atoms.